The lowest BCUT2D eigenvalue weighted by Crippen LogP contribution is -2.35. The van der Waals surface area contributed by atoms with Crippen molar-refractivity contribution in [1.29, 1.82) is 0 Å². The first-order valence-corrected chi connectivity index (χ1v) is 15.1. The summed E-state index contributed by atoms with van der Waals surface area (Å²) in [7, 11) is 0. The third-order valence-corrected chi connectivity index (χ3v) is 5.80. The first-order valence-electron chi connectivity index (χ1n) is 15.1. The Hall–Kier alpha value is -2.67. The van der Waals surface area contributed by atoms with Crippen molar-refractivity contribution in [3.63, 3.8) is 0 Å². The summed E-state index contributed by atoms with van der Waals surface area (Å²) >= 11 is 0. The zero-order chi connectivity index (χ0) is 33.7. The molecule has 0 aromatic carbocycles. The number of halogens is 3. The molecule has 244 valence electrons. The molecule has 7 heteroatoms. The van der Waals surface area contributed by atoms with E-state index in [0.717, 1.165) is 30.3 Å². The highest BCUT2D eigenvalue weighted by Gasteiger charge is 2.16. The fourth-order valence-electron chi connectivity index (χ4n) is 2.98. The van der Waals surface area contributed by atoms with Gasteiger partial charge in [-0.2, -0.15) is 0 Å². The van der Waals surface area contributed by atoms with Crippen molar-refractivity contribution in [2.75, 3.05) is 33.0 Å². The third kappa shape index (κ3) is 26.2. The van der Waals surface area contributed by atoms with E-state index < -0.39 is 25.1 Å². The number of aliphatic imine (C=N–C) groups is 1. The van der Waals surface area contributed by atoms with E-state index in [9.17, 15) is 18.0 Å². The molecule has 0 saturated carbocycles. The largest absolute Gasteiger partial charge is 0.505 e. The fraction of sp³-hybridized carbons (Fsp3) is 0.600. The summed E-state index contributed by atoms with van der Waals surface area (Å²) < 4.78 is 37.9. The minimum atomic E-state index is -0.645. The second-order valence-electron chi connectivity index (χ2n) is 9.80. The van der Waals surface area contributed by atoms with Crippen molar-refractivity contribution in [3.05, 3.63) is 71.8 Å². The van der Waals surface area contributed by atoms with Gasteiger partial charge in [-0.25, -0.2) is 4.39 Å². The molecule has 0 radical (unpaired) electrons. The molecule has 4 nitrogen and oxygen atoms in total. The molecule has 0 atom stereocenters. The topological polar surface area (TPSA) is 52.9 Å². The van der Waals surface area contributed by atoms with Crippen molar-refractivity contribution < 1.29 is 23.1 Å². The number of aldehydes is 1. The molecule has 42 heavy (non-hydrogen) atoms. The van der Waals surface area contributed by atoms with Crippen LogP contribution in [0.3, 0.4) is 0 Å². The molecule has 0 aromatic rings. The van der Waals surface area contributed by atoms with Crippen molar-refractivity contribution in [2.24, 2.45) is 16.8 Å². The van der Waals surface area contributed by atoms with Crippen LogP contribution in [0.25, 0.3) is 0 Å². The molecule has 0 bridgehead atoms. The number of aliphatic hydroxyl groups excluding tert-OH is 1. The Morgan fingerprint density at radius 2 is 1.57 bits per heavy atom. The van der Waals surface area contributed by atoms with Crippen LogP contribution in [0.4, 0.5) is 13.2 Å². The second-order valence-corrected chi connectivity index (χ2v) is 9.80. The number of aliphatic hydroxyl groups is 1. The number of hydrogen-bond donors (Lipinski definition) is 1. The maximum absolute atomic E-state index is 13.1. The average Bonchev–Trinajstić information content (AvgIpc) is 2.98. The van der Waals surface area contributed by atoms with E-state index in [-0.39, 0.29) is 12.3 Å². The molecule has 0 saturated heterocycles. The van der Waals surface area contributed by atoms with Crippen LogP contribution in [0.1, 0.15) is 89.0 Å². The SMILES string of the molecule is C=C(CN(CCC)C(C)C)C(CF)CF.C=C/C(F)=C\C=C(/C)CC(/C=C(\C)C(C)C)=NC/C=C(\O)C=O.CC.CC. The highest BCUT2D eigenvalue weighted by Crippen LogP contribution is 2.15. The van der Waals surface area contributed by atoms with Gasteiger partial charge in [0.25, 0.3) is 0 Å². The monoisotopic (exact) mass is 598 g/mol. The van der Waals surface area contributed by atoms with E-state index in [0.29, 0.717) is 36.8 Å². The number of carbonyl (C=O) groups excluding carboxylic acids is 1. The molecule has 0 aliphatic rings. The van der Waals surface area contributed by atoms with Crippen molar-refractivity contribution in [3.8, 4) is 0 Å². The van der Waals surface area contributed by atoms with Crippen LogP contribution >= 0.6 is 0 Å². The molecule has 0 aliphatic heterocycles. The molecular formula is C35H61F3N2O2. The number of carbonyl (C=O) groups is 1. The van der Waals surface area contributed by atoms with Crippen LogP contribution in [0.5, 0.6) is 0 Å². The zero-order valence-corrected chi connectivity index (χ0v) is 28.4. The quantitative estimate of drug-likeness (QED) is 0.0453. The number of nitrogens with zero attached hydrogens (tertiary/aromatic N) is 2. The van der Waals surface area contributed by atoms with E-state index in [1.807, 2.05) is 47.6 Å². The molecular weight excluding hydrogens is 537 g/mol. The second kappa shape index (κ2) is 31.3. The van der Waals surface area contributed by atoms with E-state index in [1.165, 1.54) is 17.7 Å². The summed E-state index contributed by atoms with van der Waals surface area (Å²) in [5.41, 5.74) is 3.60. The Kier molecular flexibility index (Phi) is 34.5. The maximum atomic E-state index is 13.1. The van der Waals surface area contributed by atoms with Crippen LogP contribution in [-0.2, 0) is 4.79 Å². The van der Waals surface area contributed by atoms with Gasteiger partial charge < -0.3 is 5.11 Å². The molecule has 0 amide bonds. The maximum Gasteiger partial charge on any atom is 0.184 e. The Labute approximate surface area is 256 Å². The molecule has 0 spiro atoms. The lowest BCUT2D eigenvalue weighted by Gasteiger charge is -2.28. The smallest absolute Gasteiger partial charge is 0.184 e. The van der Waals surface area contributed by atoms with Crippen LogP contribution in [-0.4, -0.2) is 61.0 Å². The van der Waals surface area contributed by atoms with Gasteiger partial charge >= 0.3 is 0 Å². The van der Waals surface area contributed by atoms with Gasteiger partial charge in [0, 0.05) is 30.6 Å². The van der Waals surface area contributed by atoms with Gasteiger partial charge in [-0.3, -0.25) is 23.5 Å². The highest BCUT2D eigenvalue weighted by molar-refractivity contribution is 5.97. The van der Waals surface area contributed by atoms with Crippen LogP contribution < -0.4 is 0 Å². The van der Waals surface area contributed by atoms with E-state index >= 15 is 0 Å². The fourth-order valence-corrected chi connectivity index (χ4v) is 2.98. The van der Waals surface area contributed by atoms with Gasteiger partial charge in [0.15, 0.2) is 12.0 Å². The van der Waals surface area contributed by atoms with Gasteiger partial charge in [-0.15, -0.1) is 0 Å². The summed E-state index contributed by atoms with van der Waals surface area (Å²) in [5, 5.41) is 9.13. The lowest BCUT2D eigenvalue weighted by atomic mass is 10.0. The Morgan fingerprint density at radius 1 is 1.02 bits per heavy atom. The molecule has 0 aromatic heterocycles. The first kappa shape index (κ1) is 46.3. The zero-order valence-electron chi connectivity index (χ0n) is 28.4. The summed E-state index contributed by atoms with van der Waals surface area (Å²) in [6.07, 6.45) is 9.50. The third-order valence-electron chi connectivity index (χ3n) is 5.80. The Morgan fingerprint density at radius 3 is 1.98 bits per heavy atom. The number of rotatable bonds is 17. The molecule has 1 N–H and O–H groups in total. The van der Waals surface area contributed by atoms with Gasteiger partial charge in [0.1, 0.15) is 5.83 Å². The number of alkyl halides is 2. The predicted molar refractivity (Wildman–Crippen MR) is 180 cm³/mol. The van der Waals surface area contributed by atoms with Gasteiger partial charge in [-0.05, 0) is 70.9 Å². The predicted octanol–water partition coefficient (Wildman–Crippen LogP) is 10.3. The molecule has 0 aliphatic carbocycles. The lowest BCUT2D eigenvalue weighted by molar-refractivity contribution is -0.107. The summed E-state index contributed by atoms with van der Waals surface area (Å²) in [6, 6.07) is 0.390. The van der Waals surface area contributed by atoms with E-state index in [1.54, 1.807) is 6.08 Å². The van der Waals surface area contributed by atoms with Gasteiger partial charge in [0.2, 0.25) is 0 Å². The molecule has 0 fully saturated rings. The van der Waals surface area contributed by atoms with Crippen molar-refractivity contribution >= 4 is 12.0 Å². The molecule has 0 unspecified atom stereocenters. The number of hydrogen-bond acceptors (Lipinski definition) is 4. The summed E-state index contributed by atoms with van der Waals surface area (Å²) in [5.74, 6) is -0.957. The molecule has 0 heterocycles. The normalized spacial score (nSPS) is 12.8. The van der Waals surface area contributed by atoms with Crippen LogP contribution in [0, 0.1) is 11.8 Å². The van der Waals surface area contributed by atoms with Gasteiger partial charge in [0.05, 0.1) is 19.9 Å². The number of allylic oxidation sites excluding steroid dienone is 8. The summed E-state index contributed by atoms with van der Waals surface area (Å²) in [6.45, 7) is 30.0. The molecule has 0 rings (SSSR count). The van der Waals surface area contributed by atoms with Gasteiger partial charge in [-0.1, -0.05) is 84.4 Å². The van der Waals surface area contributed by atoms with E-state index in [4.69, 9.17) is 5.11 Å². The summed E-state index contributed by atoms with van der Waals surface area (Å²) in [4.78, 5) is 17.0. The Bertz CT molecular complexity index is 865. The first-order chi connectivity index (χ1) is 19.9. The van der Waals surface area contributed by atoms with E-state index in [2.05, 4.69) is 57.7 Å². The highest BCUT2D eigenvalue weighted by atomic mass is 19.1. The minimum Gasteiger partial charge on any atom is -0.505 e. The standard InChI is InChI=1S/C19H26FNO2.C12H23F2N.2C2H6/c1-6-17(20)8-7-15(4)11-18(12-16(5)14(2)3)21-10-9-19(23)13-22;1-5-6-15(10(2)3)9-11(4)12(7-13)8-14;2*1-2/h6-9,12-14,23H,1,10-11H2,2-5H3;10,12H,4-9H2,1-3H3;2*1-2H3/b15-7+,16-12+,17-8+,19-9-,21-18?;;;. The van der Waals surface area contributed by atoms with Crippen LogP contribution in [0.2, 0.25) is 0 Å². The van der Waals surface area contributed by atoms with Crippen molar-refractivity contribution in [2.45, 2.75) is 95.0 Å². The van der Waals surface area contributed by atoms with Crippen molar-refractivity contribution in [1.82, 2.24) is 4.90 Å². The Balaban J connectivity index is -0.000000328. The average molecular weight is 599 g/mol. The van der Waals surface area contributed by atoms with Crippen LogP contribution in [0.15, 0.2) is 76.8 Å². The minimum absolute atomic E-state index is 0.214.